The molecule has 304 valence electrons. The van der Waals surface area contributed by atoms with Gasteiger partial charge < -0.3 is 19.1 Å². The number of esters is 3. The summed E-state index contributed by atoms with van der Waals surface area (Å²) in [6, 6.07) is 0. The highest BCUT2D eigenvalue weighted by Crippen LogP contribution is 2.18. The molecule has 0 aromatic heterocycles. The highest BCUT2D eigenvalue weighted by Gasteiger charge is 2.14. The molecule has 0 aromatic carbocycles. The van der Waals surface area contributed by atoms with E-state index in [1.165, 1.54) is 77.0 Å². The molecule has 0 amide bonds. The fourth-order valence-electron chi connectivity index (χ4n) is 6.27. The molecule has 0 fully saturated rings. The van der Waals surface area contributed by atoms with Gasteiger partial charge in [-0.05, 0) is 91.3 Å². The van der Waals surface area contributed by atoms with Crippen LogP contribution in [0.4, 0.5) is 0 Å². The number of carbonyl (C=O) groups is 3. The van der Waals surface area contributed by atoms with Gasteiger partial charge in [0.2, 0.25) is 0 Å². The molecule has 0 spiro atoms. The third kappa shape index (κ3) is 39.1. The summed E-state index contributed by atoms with van der Waals surface area (Å²) in [4.78, 5) is 38.8. The quantitative estimate of drug-likeness (QED) is 0.0269. The van der Waals surface area contributed by atoms with Crippen LogP contribution >= 0.6 is 0 Å². The van der Waals surface area contributed by atoms with Crippen LogP contribution in [0.1, 0.15) is 206 Å². The Bertz CT molecular complexity index is 814. The molecule has 0 rings (SSSR count). The Hall–Kier alpha value is -2.15. The first kappa shape index (κ1) is 49.9. The monoisotopic (exact) mass is 734 g/mol. The lowest BCUT2D eigenvalue weighted by Crippen LogP contribution is -2.20. The zero-order valence-corrected chi connectivity index (χ0v) is 34.6. The van der Waals surface area contributed by atoms with Crippen molar-refractivity contribution >= 4 is 17.9 Å². The summed E-state index contributed by atoms with van der Waals surface area (Å²) in [5.74, 6) is -0.294. The van der Waals surface area contributed by atoms with Crippen molar-refractivity contribution in [2.45, 2.75) is 213 Å². The topological polar surface area (TPSA) is 82.1 Å². The van der Waals surface area contributed by atoms with E-state index in [9.17, 15) is 14.4 Å². The van der Waals surface area contributed by atoms with Crippen molar-refractivity contribution in [1.29, 1.82) is 0 Å². The molecule has 0 heterocycles. The van der Waals surface area contributed by atoms with E-state index >= 15 is 0 Å². The van der Waals surface area contributed by atoms with Gasteiger partial charge in [-0.15, -0.1) is 0 Å². The Morgan fingerprint density at radius 1 is 0.462 bits per heavy atom. The smallest absolute Gasteiger partial charge is 0.306 e. The third-order valence-corrected chi connectivity index (χ3v) is 9.56. The van der Waals surface area contributed by atoms with Gasteiger partial charge in [-0.1, -0.05) is 141 Å². The summed E-state index contributed by atoms with van der Waals surface area (Å²) in [6.07, 6.45) is 40.1. The predicted molar refractivity (Wildman–Crippen MR) is 218 cm³/mol. The highest BCUT2D eigenvalue weighted by atomic mass is 16.5. The maximum absolute atomic E-state index is 12.5. The van der Waals surface area contributed by atoms with E-state index in [-0.39, 0.29) is 24.0 Å². The molecular formula is C45H83NO6. The van der Waals surface area contributed by atoms with E-state index in [0.717, 1.165) is 103 Å². The van der Waals surface area contributed by atoms with Gasteiger partial charge in [0.05, 0.1) is 0 Å². The molecule has 7 nitrogen and oxygen atoms in total. The second-order valence-corrected chi connectivity index (χ2v) is 15.1. The van der Waals surface area contributed by atoms with Crippen molar-refractivity contribution in [3.05, 3.63) is 24.3 Å². The summed E-state index contributed by atoms with van der Waals surface area (Å²) < 4.78 is 16.6. The van der Waals surface area contributed by atoms with Crippen LogP contribution < -0.4 is 0 Å². The van der Waals surface area contributed by atoms with Crippen LogP contribution in [0, 0.1) is 0 Å². The first-order valence-electron chi connectivity index (χ1n) is 21.8. The molecule has 7 heteroatoms. The number of rotatable bonds is 39. The molecule has 0 saturated carbocycles. The second kappa shape index (κ2) is 40.0. The predicted octanol–water partition coefficient (Wildman–Crippen LogP) is 12.4. The Balaban J connectivity index is 4.08. The molecule has 52 heavy (non-hydrogen) atoms. The van der Waals surface area contributed by atoms with Gasteiger partial charge in [0.15, 0.2) is 0 Å². The maximum atomic E-state index is 12.5. The number of hydrogen-bond donors (Lipinski definition) is 0. The summed E-state index contributed by atoms with van der Waals surface area (Å²) in [5, 5.41) is 0. The standard InChI is InChI=1S/C45H83NO6/c1-5-7-9-11-13-15-17-25-31-40-50-43(47)36-29-23-19-21-27-34-42(52-45(49)38-33-39-46(3)4)35-28-22-20-24-30-37-44(48)51-41-32-26-18-16-14-12-10-8-6-2/h25-26,31-32,42H,5-24,27-30,33-41H2,1-4H3/b31-25-,32-26-. The van der Waals surface area contributed by atoms with E-state index in [0.29, 0.717) is 32.5 Å². The second-order valence-electron chi connectivity index (χ2n) is 15.1. The van der Waals surface area contributed by atoms with Crippen LogP contribution in [0.15, 0.2) is 24.3 Å². The van der Waals surface area contributed by atoms with E-state index in [2.05, 4.69) is 30.9 Å². The number of allylic oxidation sites excluding steroid dienone is 2. The van der Waals surface area contributed by atoms with Gasteiger partial charge in [-0.25, -0.2) is 0 Å². The Morgan fingerprint density at radius 3 is 1.29 bits per heavy atom. The van der Waals surface area contributed by atoms with Crippen LogP contribution in [-0.4, -0.2) is 62.8 Å². The summed E-state index contributed by atoms with van der Waals surface area (Å²) in [7, 11) is 4.04. The average molecular weight is 734 g/mol. The lowest BCUT2D eigenvalue weighted by molar-refractivity contribution is -0.150. The molecule has 0 aromatic rings. The van der Waals surface area contributed by atoms with Gasteiger partial charge in [0.1, 0.15) is 19.3 Å². The third-order valence-electron chi connectivity index (χ3n) is 9.56. The average Bonchev–Trinajstić information content (AvgIpc) is 3.12. The zero-order chi connectivity index (χ0) is 38.2. The Labute approximate surface area is 321 Å². The molecule has 0 unspecified atom stereocenters. The molecule has 0 N–H and O–H groups in total. The van der Waals surface area contributed by atoms with Crippen molar-refractivity contribution < 1.29 is 28.6 Å². The molecule has 0 atom stereocenters. The van der Waals surface area contributed by atoms with E-state index in [4.69, 9.17) is 14.2 Å². The van der Waals surface area contributed by atoms with Crippen LogP contribution in [-0.2, 0) is 28.6 Å². The summed E-state index contributed by atoms with van der Waals surface area (Å²) >= 11 is 0. The van der Waals surface area contributed by atoms with Gasteiger partial charge in [0.25, 0.3) is 0 Å². The number of hydrogen-bond acceptors (Lipinski definition) is 7. The summed E-state index contributed by atoms with van der Waals surface area (Å²) in [6.45, 7) is 6.13. The van der Waals surface area contributed by atoms with Crippen molar-refractivity contribution in [3.8, 4) is 0 Å². The molecular weight excluding hydrogens is 650 g/mol. The largest absolute Gasteiger partial charge is 0.462 e. The first-order chi connectivity index (χ1) is 25.4. The number of nitrogens with zero attached hydrogens (tertiary/aromatic N) is 1. The fourth-order valence-corrected chi connectivity index (χ4v) is 6.27. The zero-order valence-electron chi connectivity index (χ0n) is 34.6. The van der Waals surface area contributed by atoms with E-state index in [1.54, 1.807) is 0 Å². The molecule has 0 aliphatic rings. The van der Waals surface area contributed by atoms with Crippen LogP contribution in [0.3, 0.4) is 0 Å². The number of carbonyl (C=O) groups excluding carboxylic acids is 3. The van der Waals surface area contributed by atoms with Crippen LogP contribution in [0.25, 0.3) is 0 Å². The summed E-state index contributed by atoms with van der Waals surface area (Å²) in [5.41, 5.74) is 0. The highest BCUT2D eigenvalue weighted by molar-refractivity contribution is 5.70. The van der Waals surface area contributed by atoms with E-state index in [1.807, 2.05) is 26.2 Å². The van der Waals surface area contributed by atoms with Gasteiger partial charge >= 0.3 is 17.9 Å². The first-order valence-corrected chi connectivity index (χ1v) is 21.8. The van der Waals surface area contributed by atoms with Crippen LogP contribution in [0.2, 0.25) is 0 Å². The normalized spacial score (nSPS) is 11.7. The van der Waals surface area contributed by atoms with Crippen molar-refractivity contribution in [2.75, 3.05) is 33.9 Å². The van der Waals surface area contributed by atoms with Crippen molar-refractivity contribution in [3.63, 3.8) is 0 Å². The minimum atomic E-state index is -0.104. The fraction of sp³-hybridized carbons (Fsp3) is 0.844. The van der Waals surface area contributed by atoms with Gasteiger partial charge in [0, 0.05) is 19.3 Å². The Kier molecular flexibility index (Phi) is 38.4. The lowest BCUT2D eigenvalue weighted by Gasteiger charge is -2.18. The van der Waals surface area contributed by atoms with Crippen molar-refractivity contribution in [1.82, 2.24) is 4.90 Å². The van der Waals surface area contributed by atoms with Gasteiger partial charge in [-0.3, -0.25) is 14.4 Å². The molecule has 0 bridgehead atoms. The number of ether oxygens (including phenoxy) is 3. The Morgan fingerprint density at radius 2 is 0.846 bits per heavy atom. The SMILES string of the molecule is CCCCCCCC/C=C\COC(=O)CCCCCCCC(CCCCCCCC(=O)OC/C=C\CCCCCCCC)OC(=O)CCCN(C)C. The molecule has 0 radical (unpaired) electrons. The molecule has 0 aliphatic heterocycles. The van der Waals surface area contributed by atoms with Gasteiger partial charge in [-0.2, -0.15) is 0 Å². The van der Waals surface area contributed by atoms with Crippen molar-refractivity contribution in [2.24, 2.45) is 0 Å². The minimum absolute atomic E-state index is 0.0277. The minimum Gasteiger partial charge on any atom is -0.462 e. The van der Waals surface area contributed by atoms with E-state index < -0.39 is 0 Å². The molecule has 0 aliphatic carbocycles. The molecule has 0 saturated heterocycles. The lowest BCUT2D eigenvalue weighted by atomic mass is 10.0. The number of unbranched alkanes of at least 4 members (excludes halogenated alkanes) is 20. The maximum Gasteiger partial charge on any atom is 0.306 e. The van der Waals surface area contributed by atoms with Crippen LogP contribution in [0.5, 0.6) is 0 Å².